The molecule has 0 spiro atoms. The van der Waals surface area contributed by atoms with Crippen LogP contribution in [0.5, 0.6) is 0 Å². The summed E-state index contributed by atoms with van der Waals surface area (Å²) in [5.74, 6) is 9.67. The van der Waals surface area contributed by atoms with E-state index in [0.717, 1.165) is 60.2 Å². The third-order valence-electron chi connectivity index (χ3n) is 7.18. The Labute approximate surface area is 250 Å². The van der Waals surface area contributed by atoms with Crippen LogP contribution in [-0.2, 0) is 4.79 Å². The standard InChI is InChI=1S/C30H29N7O.CH4N2.H4N2/c1-19-25(16-17-26(33-19)36-30(38)21-11-6-3-7-12-21)37-28(22-13-8-18-32-27(22)31)35-24-15-14-23(34-29(24)37)20-9-4-2-5-10-20;2-1-3;1-2/h2,4-5,8-10,13-18,21H,3,6-7,11-12H2,1H3,(H2,31,32)(H,33,36,38);1H,(H3,2,3);1-2H2. The van der Waals surface area contributed by atoms with Gasteiger partial charge in [0, 0.05) is 17.7 Å². The molecular formula is C31H37N11O. The molecule has 12 nitrogen and oxygen atoms in total. The van der Waals surface area contributed by atoms with E-state index in [-0.39, 0.29) is 11.8 Å². The lowest BCUT2D eigenvalue weighted by Gasteiger charge is -2.20. The number of pyridine rings is 3. The summed E-state index contributed by atoms with van der Waals surface area (Å²) < 4.78 is 1.98. The van der Waals surface area contributed by atoms with E-state index in [4.69, 9.17) is 26.1 Å². The molecule has 0 saturated heterocycles. The molecule has 4 aromatic heterocycles. The maximum Gasteiger partial charge on any atom is 0.228 e. The SMILES string of the molecule is Cc1nc(NC(=O)C2CCCCC2)ccc1-n1c(-c2cccnc2N)nc2ccc(-c3ccccc3)nc21.N=CN.NN. The third-order valence-corrected chi connectivity index (χ3v) is 7.18. The number of hydrazine groups is 1. The Kier molecular flexibility index (Phi) is 10.5. The molecule has 10 N–H and O–H groups in total. The van der Waals surface area contributed by atoms with Crippen molar-refractivity contribution in [2.24, 2.45) is 23.3 Å². The molecule has 1 aliphatic rings. The Hall–Kier alpha value is -5.20. The number of nitrogens with one attached hydrogen (secondary N) is 2. The average Bonchev–Trinajstić information content (AvgIpc) is 3.42. The van der Waals surface area contributed by atoms with Crippen LogP contribution in [0.2, 0.25) is 0 Å². The van der Waals surface area contributed by atoms with Gasteiger partial charge in [-0.2, -0.15) is 0 Å². The molecule has 0 unspecified atom stereocenters. The highest BCUT2D eigenvalue weighted by atomic mass is 16.1. The summed E-state index contributed by atoms with van der Waals surface area (Å²) in [5.41, 5.74) is 16.2. The molecule has 222 valence electrons. The number of hydrogen-bond donors (Lipinski definition) is 6. The number of anilines is 2. The van der Waals surface area contributed by atoms with Crippen LogP contribution in [0.1, 0.15) is 37.8 Å². The molecule has 5 aromatic rings. The monoisotopic (exact) mass is 579 g/mol. The van der Waals surface area contributed by atoms with E-state index in [2.05, 4.69) is 27.7 Å². The summed E-state index contributed by atoms with van der Waals surface area (Å²) in [7, 11) is 0. The molecular weight excluding hydrogens is 542 g/mol. The lowest BCUT2D eigenvalue weighted by atomic mass is 9.89. The number of amides is 1. The van der Waals surface area contributed by atoms with Crippen LogP contribution < -0.4 is 28.5 Å². The Balaban J connectivity index is 0.000000798. The molecule has 0 radical (unpaired) electrons. The van der Waals surface area contributed by atoms with Gasteiger partial charge >= 0.3 is 0 Å². The smallest absolute Gasteiger partial charge is 0.228 e. The molecule has 0 bridgehead atoms. The number of rotatable bonds is 5. The zero-order valence-electron chi connectivity index (χ0n) is 24.1. The number of imidazole rings is 1. The van der Waals surface area contributed by atoms with Crippen LogP contribution in [-0.4, -0.2) is 36.7 Å². The van der Waals surface area contributed by atoms with E-state index < -0.39 is 0 Å². The van der Waals surface area contributed by atoms with Gasteiger partial charge in [-0.15, -0.1) is 0 Å². The van der Waals surface area contributed by atoms with Gasteiger partial charge in [0.1, 0.15) is 17.2 Å². The first-order valence-electron chi connectivity index (χ1n) is 14.0. The second-order valence-electron chi connectivity index (χ2n) is 9.90. The minimum absolute atomic E-state index is 0.0513. The maximum absolute atomic E-state index is 12.8. The van der Waals surface area contributed by atoms with Gasteiger partial charge in [-0.1, -0.05) is 49.6 Å². The zero-order valence-corrected chi connectivity index (χ0v) is 24.1. The second-order valence-corrected chi connectivity index (χ2v) is 9.90. The van der Waals surface area contributed by atoms with E-state index in [1.165, 1.54) is 6.42 Å². The molecule has 0 aliphatic heterocycles. The summed E-state index contributed by atoms with van der Waals surface area (Å²) in [5, 5.41) is 8.89. The Bertz CT molecular complexity index is 1680. The van der Waals surface area contributed by atoms with Crippen LogP contribution in [0, 0.1) is 18.3 Å². The third kappa shape index (κ3) is 7.00. The number of aryl methyl sites for hydroxylation is 1. The summed E-state index contributed by atoms with van der Waals surface area (Å²) in [6.45, 7) is 1.93. The van der Waals surface area contributed by atoms with E-state index >= 15 is 0 Å². The minimum atomic E-state index is 0.0513. The molecule has 1 aromatic carbocycles. The van der Waals surface area contributed by atoms with Crippen molar-refractivity contribution in [2.75, 3.05) is 11.1 Å². The topological polar surface area (TPSA) is 214 Å². The largest absolute Gasteiger partial charge is 0.390 e. The summed E-state index contributed by atoms with van der Waals surface area (Å²) in [6, 6.07) is 21.5. The zero-order chi connectivity index (χ0) is 30.8. The fourth-order valence-electron chi connectivity index (χ4n) is 5.20. The Morgan fingerprint density at radius 2 is 1.67 bits per heavy atom. The van der Waals surface area contributed by atoms with E-state index in [0.29, 0.717) is 28.7 Å². The van der Waals surface area contributed by atoms with E-state index in [9.17, 15) is 4.79 Å². The predicted octanol–water partition coefficient (Wildman–Crippen LogP) is 4.32. The first kappa shape index (κ1) is 30.8. The fraction of sp³-hybridized carbons (Fsp3) is 0.226. The molecule has 4 heterocycles. The maximum atomic E-state index is 12.8. The number of nitrogens with two attached hydrogens (primary N) is 4. The number of nitrogen functional groups attached to an aromatic ring is 1. The summed E-state index contributed by atoms with van der Waals surface area (Å²) in [6.07, 6.45) is 7.71. The minimum Gasteiger partial charge on any atom is -0.390 e. The highest BCUT2D eigenvalue weighted by Crippen LogP contribution is 2.33. The lowest BCUT2D eigenvalue weighted by molar-refractivity contribution is -0.120. The number of carbonyl (C=O) groups excluding carboxylic acids is 1. The number of benzene rings is 1. The lowest BCUT2D eigenvalue weighted by Crippen LogP contribution is -2.25. The van der Waals surface area contributed by atoms with Gasteiger partial charge in [0.2, 0.25) is 5.91 Å². The molecule has 0 atom stereocenters. The number of nitrogens with zero attached hydrogens (tertiary/aromatic N) is 5. The molecule has 43 heavy (non-hydrogen) atoms. The van der Waals surface area contributed by atoms with Gasteiger partial charge in [-0.25, -0.2) is 19.9 Å². The first-order chi connectivity index (χ1) is 21.0. The number of aromatic nitrogens is 5. The summed E-state index contributed by atoms with van der Waals surface area (Å²) >= 11 is 0. The quantitative estimate of drug-likeness (QED) is 0.0755. The normalized spacial score (nSPS) is 12.8. The van der Waals surface area contributed by atoms with Gasteiger partial charge in [0.15, 0.2) is 11.5 Å². The molecule has 1 fully saturated rings. The highest BCUT2D eigenvalue weighted by Gasteiger charge is 2.23. The first-order valence-corrected chi connectivity index (χ1v) is 14.0. The van der Waals surface area contributed by atoms with Crippen LogP contribution >= 0.6 is 0 Å². The van der Waals surface area contributed by atoms with Crippen LogP contribution in [0.15, 0.2) is 72.9 Å². The van der Waals surface area contributed by atoms with Gasteiger partial charge < -0.3 is 16.8 Å². The molecule has 12 heteroatoms. The molecule has 1 amide bonds. The van der Waals surface area contributed by atoms with Crippen molar-refractivity contribution >= 4 is 35.0 Å². The molecule has 1 saturated carbocycles. The van der Waals surface area contributed by atoms with Crippen LogP contribution in [0.25, 0.3) is 39.5 Å². The van der Waals surface area contributed by atoms with Crippen LogP contribution in [0.4, 0.5) is 11.6 Å². The van der Waals surface area contributed by atoms with Crippen LogP contribution in [0.3, 0.4) is 0 Å². The molecule has 6 rings (SSSR count). The number of carbonyl (C=O) groups is 1. The van der Waals surface area contributed by atoms with Crippen molar-refractivity contribution in [1.82, 2.24) is 24.5 Å². The number of fused-ring (bicyclic) bond motifs is 1. The Morgan fingerprint density at radius 3 is 2.35 bits per heavy atom. The fourth-order valence-corrected chi connectivity index (χ4v) is 5.20. The van der Waals surface area contributed by atoms with E-state index in [1.54, 1.807) is 6.20 Å². The van der Waals surface area contributed by atoms with Crippen molar-refractivity contribution in [3.63, 3.8) is 0 Å². The summed E-state index contributed by atoms with van der Waals surface area (Å²) in [4.78, 5) is 31.8. The van der Waals surface area contributed by atoms with Gasteiger partial charge in [-0.05, 0) is 56.2 Å². The van der Waals surface area contributed by atoms with Gasteiger partial charge in [0.25, 0.3) is 0 Å². The van der Waals surface area contributed by atoms with Gasteiger partial charge in [0.05, 0.1) is 29.0 Å². The van der Waals surface area contributed by atoms with Crippen molar-refractivity contribution in [3.8, 4) is 28.3 Å². The average molecular weight is 580 g/mol. The number of hydrogen-bond acceptors (Lipinski definition) is 9. The van der Waals surface area contributed by atoms with E-state index in [1.807, 2.05) is 78.2 Å². The van der Waals surface area contributed by atoms with Crippen molar-refractivity contribution in [2.45, 2.75) is 39.0 Å². The van der Waals surface area contributed by atoms with Crippen molar-refractivity contribution in [3.05, 3.63) is 78.6 Å². The van der Waals surface area contributed by atoms with Gasteiger partial charge in [-0.3, -0.25) is 26.5 Å². The Morgan fingerprint density at radius 1 is 0.953 bits per heavy atom. The highest BCUT2D eigenvalue weighted by molar-refractivity contribution is 5.92. The van der Waals surface area contributed by atoms with Crippen molar-refractivity contribution in [1.29, 1.82) is 5.41 Å². The van der Waals surface area contributed by atoms with Crippen molar-refractivity contribution < 1.29 is 4.79 Å². The second kappa shape index (κ2) is 14.6. The predicted molar refractivity (Wildman–Crippen MR) is 171 cm³/mol. The molecule has 1 aliphatic carbocycles.